The van der Waals surface area contributed by atoms with Crippen molar-refractivity contribution in [3.8, 4) is 0 Å². The maximum Gasteiger partial charge on any atom is -0.00912 e. The van der Waals surface area contributed by atoms with Gasteiger partial charge >= 0.3 is 0 Å². The molecule has 0 spiro atoms. The van der Waals surface area contributed by atoms with E-state index in [4.69, 9.17) is 0 Å². The van der Waals surface area contributed by atoms with Crippen LogP contribution in [0.2, 0.25) is 0 Å². The van der Waals surface area contributed by atoms with Crippen LogP contribution in [-0.4, -0.2) is 17.5 Å². The molecule has 12 rings (SSSR count). The second-order valence-electron chi connectivity index (χ2n) is 19.4. The zero-order chi connectivity index (χ0) is 41.3. The summed E-state index contributed by atoms with van der Waals surface area (Å²) in [5, 5.41) is 9.30. The number of rotatable bonds is 11. The van der Waals surface area contributed by atoms with Gasteiger partial charge < -0.3 is 0 Å². The van der Waals surface area contributed by atoms with Gasteiger partial charge in [0.1, 0.15) is 0 Å². The lowest BCUT2D eigenvalue weighted by atomic mass is 9.45. The number of hydrogen-bond acceptors (Lipinski definition) is 0. The molecule has 6 aromatic rings. The summed E-state index contributed by atoms with van der Waals surface area (Å²) in [6.07, 6.45) is 8.34. The molecule has 4 bridgehead atoms. The van der Waals surface area contributed by atoms with Crippen molar-refractivity contribution in [2.75, 3.05) is 6.16 Å². The summed E-state index contributed by atoms with van der Waals surface area (Å²) in [5.41, 5.74) is 2.63. The second kappa shape index (κ2) is 18.1. The molecule has 0 aromatic heterocycles. The van der Waals surface area contributed by atoms with E-state index < -0.39 is 15.8 Å². The minimum atomic E-state index is -0.404. The molecule has 0 saturated heterocycles. The summed E-state index contributed by atoms with van der Waals surface area (Å²) in [7, 11) is -1.05. The SMILES string of the molecule is CC1(C)[C@@H]2C[C@@H](P(c3ccccc3)c3ccccc3)[C@@H](CP(c3ccccc3)c3ccccc3)[C@H]1C2.CC[C@@H]1[C@H](P(c2ccccc2)c2ccccc2)C[C@@H]2C[C@H]1C2(C)C. The Labute approximate surface area is 366 Å². The van der Waals surface area contributed by atoms with Gasteiger partial charge in [0.25, 0.3) is 0 Å². The van der Waals surface area contributed by atoms with Crippen molar-refractivity contribution in [1.29, 1.82) is 0 Å². The summed E-state index contributed by atoms with van der Waals surface area (Å²) in [4.78, 5) is 0. The fourth-order valence-electron chi connectivity index (χ4n) is 12.4. The third-order valence-corrected chi connectivity index (χ3v) is 24.5. The fraction of sp³-hybridized carbons (Fsp3) is 0.368. The maximum atomic E-state index is 2.57. The first-order valence-electron chi connectivity index (χ1n) is 22.9. The Kier molecular flexibility index (Phi) is 12.7. The van der Waals surface area contributed by atoms with Crippen molar-refractivity contribution in [2.45, 2.75) is 78.0 Å². The lowest BCUT2D eigenvalue weighted by Crippen LogP contribution is -2.58. The first-order chi connectivity index (χ1) is 29.3. The van der Waals surface area contributed by atoms with Crippen molar-refractivity contribution in [3.63, 3.8) is 0 Å². The maximum absolute atomic E-state index is 2.57. The van der Waals surface area contributed by atoms with Crippen molar-refractivity contribution in [1.82, 2.24) is 0 Å². The largest absolute Gasteiger partial charge is 0.0651 e. The molecule has 0 nitrogen and oxygen atoms in total. The van der Waals surface area contributed by atoms with Crippen LogP contribution in [-0.2, 0) is 0 Å². The second-order valence-corrected chi connectivity index (χ2v) is 26.6. The molecule has 6 saturated carbocycles. The average molecular weight is 843 g/mol. The van der Waals surface area contributed by atoms with E-state index in [2.05, 4.69) is 217 Å². The lowest BCUT2D eigenvalue weighted by molar-refractivity contribution is -0.102. The Hall–Kier alpha value is -3.39. The molecule has 0 N–H and O–H groups in total. The van der Waals surface area contributed by atoms with Gasteiger partial charge in [-0.2, -0.15) is 0 Å². The first-order valence-corrected chi connectivity index (χ1v) is 27.3. The number of benzene rings is 6. The van der Waals surface area contributed by atoms with Crippen LogP contribution in [0.1, 0.15) is 66.7 Å². The predicted molar refractivity (Wildman–Crippen MR) is 267 cm³/mol. The van der Waals surface area contributed by atoms with Crippen LogP contribution in [0, 0.1) is 46.3 Å². The van der Waals surface area contributed by atoms with E-state index in [1.807, 2.05) is 0 Å². The molecule has 6 fully saturated rings. The highest BCUT2D eigenvalue weighted by molar-refractivity contribution is 7.74. The molecule has 60 heavy (non-hydrogen) atoms. The standard InChI is InChI=1S/C34H36P2.C23H29P/c1-34(2)26-23-32(34)31(25-35(27-15-7-3-8-16-27)28-17-9-4-10-18-28)33(24-26)36(29-19-11-5-12-20-29)30-21-13-6-14-22-30;1-4-20-21-15-17(23(21,2)3)16-22(20)24(18-11-7-5-8-12-18)19-13-9-6-10-14-19/h3-22,26,31-33H,23-25H2,1-2H3;5-14,17,20-22H,4,15-16H2,1-3H3/t26-,31-,32+,33+;17-,20-,21+,22+/m00/s1. The average Bonchev–Trinajstić information content (AvgIpc) is 3.30. The van der Waals surface area contributed by atoms with Gasteiger partial charge in [0, 0.05) is 0 Å². The highest BCUT2D eigenvalue weighted by Crippen LogP contribution is 2.69. The Morgan fingerprint density at radius 1 is 0.383 bits per heavy atom. The summed E-state index contributed by atoms with van der Waals surface area (Å²) in [6, 6.07) is 68.4. The monoisotopic (exact) mass is 842 g/mol. The van der Waals surface area contributed by atoms with E-state index in [-0.39, 0.29) is 7.92 Å². The number of hydrogen-bond donors (Lipinski definition) is 0. The highest BCUT2D eigenvalue weighted by atomic mass is 31.1. The third-order valence-electron chi connectivity index (χ3n) is 16.0. The van der Waals surface area contributed by atoms with Gasteiger partial charge in [0.15, 0.2) is 0 Å². The van der Waals surface area contributed by atoms with Crippen LogP contribution in [0.5, 0.6) is 0 Å². The Morgan fingerprint density at radius 3 is 0.967 bits per heavy atom. The Bertz CT molecular complexity index is 2120. The minimum absolute atomic E-state index is 0.252. The molecular formula is C57H65P3. The molecule has 0 unspecified atom stereocenters. The van der Waals surface area contributed by atoms with Gasteiger partial charge in [-0.1, -0.05) is 223 Å². The smallest absolute Gasteiger partial charge is 0.00912 e. The van der Waals surface area contributed by atoms with Crippen molar-refractivity contribution >= 4 is 55.6 Å². The summed E-state index contributed by atoms with van der Waals surface area (Å²) in [6.45, 7) is 12.6. The molecule has 3 heteroatoms. The lowest BCUT2D eigenvalue weighted by Gasteiger charge is -2.64. The van der Waals surface area contributed by atoms with E-state index in [0.29, 0.717) is 10.8 Å². The van der Waals surface area contributed by atoms with E-state index in [1.54, 1.807) is 21.2 Å². The Balaban J connectivity index is 0.000000167. The summed E-state index contributed by atoms with van der Waals surface area (Å²) < 4.78 is 0. The van der Waals surface area contributed by atoms with Gasteiger partial charge in [-0.15, -0.1) is 0 Å². The Morgan fingerprint density at radius 2 is 0.667 bits per heavy atom. The highest BCUT2D eigenvalue weighted by Gasteiger charge is 2.60. The predicted octanol–water partition coefficient (Wildman–Crippen LogP) is 12.9. The zero-order valence-electron chi connectivity index (χ0n) is 36.5. The van der Waals surface area contributed by atoms with E-state index >= 15 is 0 Å². The van der Waals surface area contributed by atoms with Crippen molar-refractivity contribution in [2.24, 2.45) is 46.3 Å². The molecule has 0 aliphatic heterocycles. The molecule has 0 amide bonds. The van der Waals surface area contributed by atoms with Gasteiger partial charge in [-0.25, -0.2) is 0 Å². The van der Waals surface area contributed by atoms with Crippen LogP contribution < -0.4 is 31.8 Å². The van der Waals surface area contributed by atoms with Crippen LogP contribution in [0.15, 0.2) is 182 Å². The number of fused-ring (bicyclic) bond motifs is 4. The molecule has 6 aliphatic rings. The summed E-state index contributed by atoms with van der Waals surface area (Å²) in [5.74, 6) is 5.17. The molecule has 0 radical (unpaired) electrons. The molecule has 0 heterocycles. The molecule has 308 valence electrons. The van der Waals surface area contributed by atoms with Crippen LogP contribution in [0.25, 0.3) is 0 Å². The van der Waals surface area contributed by atoms with Gasteiger partial charge in [0.05, 0.1) is 0 Å². The van der Waals surface area contributed by atoms with E-state index in [9.17, 15) is 0 Å². The first kappa shape index (κ1) is 41.9. The van der Waals surface area contributed by atoms with Crippen LogP contribution in [0.3, 0.4) is 0 Å². The zero-order valence-corrected chi connectivity index (χ0v) is 39.2. The van der Waals surface area contributed by atoms with Crippen molar-refractivity contribution in [3.05, 3.63) is 182 Å². The molecule has 6 aliphatic carbocycles. The van der Waals surface area contributed by atoms with E-state index in [1.165, 1.54) is 48.9 Å². The molecule has 6 aromatic carbocycles. The topological polar surface area (TPSA) is 0 Å². The quantitative estimate of drug-likeness (QED) is 0.114. The third kappa shape index (κ3) is 8.17. The fourth-order valence-corrected chi connectivity index (χ4v) is 21.8. The van der Waals surface area contributed by atoms with Crippen LogP contribution in [0.4, 0.5) is 0 Å². The minimum Gasteiger partial charge on any atom is -0.0651 e. The molecular weight excluding hydrogens is 778 g/mol. The van der Waals surface area contributed by atoms with Gasteiger partial charge in [-0.3, -0.25) is 0 Å². The molecule has 8 atom stereocenters. The van der Waals surface area contributed by atoms with Crippen molar-refractivity contribution < 1.29 is 0 Å². The normalized spacial score (nSPS) is 27.0. The van der Waals surface area contributed by atoms with Crippen LogP contribution >= 0.6 is 23.8 Å². The summed E-state index contributed by atoms with van der Waals surface area (Å²) >= 11 is 0. The van der Waals surface area contributed by atoms with Gasteiger partial charge in [-0.05, 0) is 145 Å². The van der Waals surface area contributed by atoms with E-state index in [0.717, 1.165) is 46.8 Å². The van der Waals surface area contributed by atoms with Gasteiger partial charge in [0.2, 0.25) is 0 Å².